The molecule has 0 atom stereocenters. The number of carbonyl (C=O) groups is 2. The van der Waals surface area contributed by atoms with E-state index in [-0.39, 0.29) is 23.7 Å². The molecule has 2 aliphatic rings. The zero-order valence-corrected chi connectivity index (χ0v) is 15.8. The van der Waals surface area contributed by atoms with Gasteiger partial charge in [-0.05, 0) is 50.4 Å². The monoisotopic (exact) mass is 377 g/mol. The largest absolute Gasteiger partial charge is 0.481 e. The van der Waals surface area contributed by atoms with E-state index in [1.807, 2.05) is 4.90 Å². The quantitative estimate of drug-likeness (QED) is 0.824. The van der Waals surface area contributed by atoms with E-state index >= 15 is 0 Å². The maximum atomic E-state index is 14.6. The number of likely N-dealkylation sites (N-methyl/N-ethyl adjacent to an activating group) is 1. The summed E-state index contributed by atoms with van der Waals surface area (Å²) in [7, 11) is 0. The Morgan fingerprint density at radius 2 is 1.81 bits per heavy atom. The third-order valence-electron chi connectivity index (χ3n) is 5.78. The van der Waals surface area contributed by atoms with Crippen LogP contribution in [0.2, 0.25) is 0 Å². The first-order valence-corrected chi connectivity index (χ1v) is 9.78. The Bertz CT molecular complexity index is 681. The first-order chi connectivity index (χ1) is 13.0. The molecule has 2 N–H and O–H groups in total. The Hall–Kier alpha value is -2.15. The summed E-state index contributed by atoms with van der Waals surface area (Å²) >= 11 is 0. The predicted octanol–water partition coefficient (Wildman–Crippen LogP) is 2.34. The topological polar surface area (TPSA) is 72.9 Å². The molecule has 2 fully saturated rings. The molecule has 1 saturated heterocycles. The minimum atomic E-state index is -0.766. The van der Waals surface area contributed by atoms with Gasteiger partial charge < -0.3 is 20.2 Å². The Kier molecular flexibility index (Phi) is 6.31. The lowest BCUT2D eigenvalue weighted by atomic mass is 9.86. The van der Waals surface area contributed by atoms with Crippen molar-refractivity contribution >= 4 is 17.6 Å². The number of halogens is 1. The normalized spacial score (nSPS) is 23.9. The number of anilines is 1. The van der Waals surface area contributed by atoms with Gasteiger partial charge >= 0.3 is 5.97 Å². The molecule has 1 aliphatic heterocycles. The second-order valence-corrected chi connectivity index (χ2v) is 7.45. The summed E-state index contributed by atoms with van der Waals surface area (Å²) in [6, 6.07) is 4.62. The van der Waals surface area contributed by atoms with Crippen LogP contribution in [0.4, 0.5) is 10.1 Å². The number of carboxylic acid groups (broad SMARTS) is 1. The SMILES string of the molecule is CCN1CCN(c2ccc(C(=O)NC3CCC(C(=O)O)CC3)cc2F)CC1. The van der Waals surface area contributed by atoms with Crippen LogP contribution >= 0.6 is 0 Å². The van der Waals surface area contributed by atoms with E-state index in [1.54, 1.807) is 12.1 Å². The van der Waals surface area contributed by atoms with Crippen LogP contribution in [0.1, 0.15) is 43.0 Å². The first-order valence-electron chi connectivity index (χ1n) is 9.78. The molecule has 1 aromatic rings. The second-order valence-electron chi connectivity index (χ2n) is 7.45. The molecule has 1 heterocycles. The molecule has 148 valence electrons. The summed E-state index contributed by atoms with van der Waals surface area (Å²) in [5, 5.41) is 12.0. The molecule has 1 aliphatic carbocycles. The third-order valence-corrected chi connectivity index (χ3v) is 5.78. The maximum Gasteiger partial charge on any atom is 0.306 e. The fourth-order valence-electron chi connectivity index (χ4n) is 3.96. The third kappa shape index (κ3) is 4.77. The number of carbonyl (C=O) groups excluding carboxylic acids is 1. The number of nitrogens with zero attached hydrogens (tertiary/aromatic N) is 2. The van der Waals surface area contributed by atoms with Crippen LogP contribution < -0.4 is 10.2 Å². The van der Waals surface area contributed by atoms with Crippen molar-refractivity contribution in [1.29, 1.82) is 0 Å². The van der Waals surface area contributed by atoms with Crippen molar-refractivity contribution in [2.75, 3.05) is 37.6 Å². The highest BCUT2D eigenvalue weighted by atomic mass is 19.1. The van der Waals surface area contributed by atoms with Crippen LogP contribution in [-0.2, 0) is 4.79 Å². The van der Waals surface area contributed by atoms with Gasteiger partial charge in [-0.15, -0.1) is 0 Å². The second kappa shape index (κ2) is 8.69. The van der Waals surface area contributed by atoms with Gasteiger partial charge in [-0.2, -0.15) is 0 Å². The van der Waals surface area contributed by atoms with E-state index in [1.165, 1.54) is 6.07 Å². The number of hydrogen-bond donors (Lipinski definition) is 2. The van der Waals surface area contributed by atoms with Gasteiger partial charge in [0.25, 0.3) is 5.91 Å². The van der Waals surface area contributed by atoms with Crippen LogP contribution in [-0.4, -0.2) is 60.6 Å². The Morgan fingerprint density at radius 3 is 2.37 bits per heavy atom. The number of hydrogen-bond acceptors (Lipinski definition) is 4. The number of carboxylic acids is 1. The standard InChI is InChI=1S/C20H28FN3O3/c1-2-23-9-11-24(12-10-23)18-8-5-15(13-17(18)21)19(25)22-16-6-3-14(4-7-16)20(26)27/h5,8,13-14,16H,2-4,6-7,9-12H2,1H3,(H,22,25)(H,26,27). The molecule has 6 nitrogen and oxygen atoms in total. The summed E-state index contributed by atoms with van der Waals surface area (Å²) in [5.74, 6) is -1.75. The van der Waals surface area contributed by atoms with Gasteiger partial charge in [-0.1, -0.05) is 6.92 Å². The molecule has 27 heavy (non-hydrogen) atoms. The van der Waals surface area contributed by atoms with Crippen molar-refractivity contribution in [2.24, 2.45) is 5.92 Å². The molecular formula is C20H28FN3O3. The molecule has 0 radical (unpaired) electrons. The highest BCUT2D eigenvalue weighted by molar-refractivity contribution is 5.94. The lowest BCUT2D eigenvalue weighted by Crippen LogP contribution is -2.46. The summed E-state index contributed by atoms with van der Waals surface area (Å²) in [6.07, 6.45) is 2.42. The van der Waals surface area contributed by atoms with Crippen LogP contribution in [0.5, 0.6) is 0 Å². The molecule has 0 spiro atoms. The summed E-state index contributed by atoms with van der Waals surface area (Å²) in [4.78, 5) is 27.8. The minimum Gasteiger partial charge on any atom is -0.481 e. The molecule has 0 bridgehead atoms. The van der Waals surface area contributed by atoms with Crippen molar-refractivity contribution < 1.29 is 19.1 Å². The molecule has 7 heteroatoms. The van der Waals surface area contributed by atoms with Gasteiger partial charge in [0.15, 0.2) is 0 Å². The maximum absolute atomic E-state index is 14.6. The molecule has 3 rings (SSSR count). The van der Waals surface area contributed by atoms with Crippen LogP contribution in [0, 0.1) is 11.7 Å². The van der Waals surface area contributed by atoms with E-state index in [9.17, 15) is 14.0 Å². The molecular weight excluding hydrogens is 349 g/mol. The lowest BCUT2D eigenvalue weighted by molar-refractivity contribution is -0.142. The number of rotatable bonds is 5. The van der Waals surface area contributed by atoms with Crippen molar-refractivity contribution in [2.45, 2.75) is 38.6 Å². The molecule has 1 amide bonds. The number of nitrogens with one attached hydrogen (secondary N) is 1. The van der Waals surface area contributed by atoms with Gasteiger partial charge in [-0.3, -0.25) is 9.59 Å². The van der Waals surface area contributed by atoms with Gasteiger partial charge in [0.05, 0.1) is 11.6 Å². The predicted molar refractivity (Wildman–Crippen MR) is 102 cm³/mol. The zero-order valence-electron chi connectivity index (χ0n) is 15.8. The minimum absolute atomic E-state index is 0.0436. The Morgan fingerprint density at radius 1 is 1.15 bits per heavy atom. The summed E-state index contributed by atoms with van der Waals surface area (Å²) in [5.41, 5.74) is 0.855. The van der Waals surface area contributed by atoms with Crippen molar-refractivity contribution in [1.82, 2.24) is 10.2 Å². The number of benzene rings is 1. The van der Waals surface area contributed by atoms with E-state index < -0.39 is 5.97 Å². The van der Waals surface area contributed by atoms with Crippen LogP contribution in [0.15, 0.2) is 18.2 Å². The fraction of sp³-hybridized carbons (Fsp3) is 0.600. The number of amides is 1. The van der Waals surface area contributed by atoms with E-state index in [2.05, 4.69) is 17.1 Å². The number of aliphatic carboxylic acids is 1. The highest BCUT2D eigenvalue weighted by Crippen LogP contribution is 2.25. The van der Waals surface area contributed by atoms with Crippen LogP contribution in [0.3, 0.4) is 0 Å². The highest BCUT2D eigenvalue weighted by Gasteiger charge is 2.27. The lowest BCUT2D eigenvalue weighted by Gasteiger charge is -2.35. The summed E-state index contributed by atoms with van der Waals surface area (Å²) < 4.78 is 14.6. The average Bonchev–Trinajstić information content (AvgIpc) is 2.68. The Labute approximate surface area is 159 Å². The zero-order chi connectivity index (χ0) is 19.4. The van der Waals surface area contributed by atoms with Gasteiger partial charge in [-0.25, -0.2) is 4.39 Å². The van der Waals surface area contributed by atoms with Crippen molar-refractivity contribution in [3.8, 4) is 0 Å². The molecule has 1 aromatic carbocycles. The van der Waals surface area contributed by atoms with Gasteiger partial charge in [0.2, 0.25) is 0 Å². The molecule has 0 unspecified atom stereocenters. The van der Waals surface area contributed by atoms with Gasteiger partial charge in [0, 0.05) is 37.8 Å². The van der Waals surface area contributed by atoms with E-state index in [4.69, 9.17) is 5.11 Å². The van der Waals surface area contributed by atoms with Crippen molar-refractivity contribution in [3.05, 3.63) is 29.6 Å². The molecule has 1 saturated carbocycles. The van der Waals surface area contributed by atoms with Gasteiger partial charge in [0.1, 0.15) is 5.82 Å². The van der Waals surface area contributed by atoms with Crippen molar-refractivity contribution in [3.63, 3.8) is 0 Å². The average molecular weight is 377 g/mol. The van der Waals surface area contributed by atoms with E-state index in [0.717, 1.165) is 32.7 Å². The first kappa shape index (κ1) is 19.6. The number of piperazine rings is 1. The fourth-order valence-corrected chi connectivity index (χ4v) is 3.96. The van der Waals surface area contributed by atoms with E-state index in [0.29, 0.717) is 36.9 Å². The molecule has 0 aromatic heterocycles. The summed E-state index contributed by atoms with van der Waals surface area (Å²) in [6.45, 7) is 6.52. The van der Waals surface area contributed by atoms with Crippen LogP contribution in [0.25, 0.3) is 0 Å². The Balaban J connectivity index is 1.57. The smallest absolute Gasteiger partial charge is 0.306 e.